The molecule has 0 aliphatic carbocycles. The summed E-state index contributed by atoms with van der Waals surface area (Å²) < 4.78 is 2.06. The average molecular weight is 218 g/mol. The van der Waals surface area contributed by atoms with Gasteiger partial charge >= 0.3 is 0 Å². The molecule has 0 bridgehead atoms. The van der Waals surface area contributed by atoms with E-state index >= 15 is 0 Å². The monoisotopic (exact) mass is 218 g/mol. The summed E-state index contributed by atoms with van der Waals surface area (Å²) in [6.07, 6.45) is 3.82. The van der Waals surface area contributed by atoms with E-state index in [1.165, 1.54) is 0 Å². The van der Waals surface area contributed by atoms with Gasteiger partial charge in [0.1, 0.15) is 11.3 Å². The number of aromatic nitrogens is 3. The molecule has 2 aromatic rings. The molecule has 4 heteroatoms. The van der Waals surface area contributed by atoms with Crippen LogP contribution in [0.4, 0.5) is 0 Å². The Morgan fingerprint density at radius 1 is 1.50 bits per heavy atom. The van der Waals surface area contributed by atoms with Crippen LogP contribution in [0.2, 0.25) is 0 Å². The molecule has 1 atom stereocenters. The molecule has 2 aromatic heterocycles. The van der Waals surface area contributed by atoms with E-state index in [-0.39, 0.29) is 0 Å². The van der Waals surface area contributed by atoms with Crippen molar-refractivity contribution in [1.29, 1.82) is 0 Å². The number of nitrogens with zero attached hydrogens (tertiary/aromatic N) is 3. The maximum Gasteiger partial charge on any atom is 0.159 e. The van der Waals surface area contributed by atoms with Crippen molar-refractivity contribution in [3.05, 3.63) is 24.2 Å². The fraction of sp³-hybridized carbons (Fsp3) is 0.500. The maximum absolute atomic E-state index is 5.72. The first kappa shape index (κ1) is 11.1. The Bertz CT molecular complexity index is 471. The van der Waals surface area contributed by atoms with Crippen molar-refractivity contribution in [3.8, 4) is 0 Å². The second-order valence-electron chi connectivity index (χ2n) is 4.15. The Hall–Kier alpha value is -1.42. The Morgan fingerprint density at radius 3 is 2.94 bits per heavy atom. The standard InChI is InChI=1S/C12H18N4/c1-3-9(8-13)7-11-15-10-5-4-6-14-12(10)16(11)2/h4-6,9H,3,7-8,13H2,1-2H3. The molecule has 0 fully saturated rings. The fourth-order valence-corrected chi connectivity index (χ4v) is 1.91. The molecule has 4 nitrogen and oxygen atoms in total. The first-order chi connectivity index (χ1) is 7.76. The Morgan fingerprint density at radius 2 is 2.31 bits per heavy atom. The summed E-state index contributed by atoms with van der Waals surface area (Å²) in [5.41, 5.74) is 7.64. The van der Waals surface area contributed by atoms with Gasteiger partial charge in [-0.2, -0.15) is 0 Å². The zero-order chi connectivity index (χ0) is 11.5. The highest BCUT2D eigenvalue weighted by atomic mass is 15.1. The molecule has 2 heterocycles. The topological polar surface area (TPSA) is 56.7 Å². The fourth-order valence-electron chi connectivity index (χ4n) is 1.91. The lowest BCUT2D eigenvalue weighted by molar-refractivity contribution is 0.499. The molecule has 1 unspecified atom stereocenters. The van der Waals surface area contributed by atoms with E-state index in [9.17, 15) is 0 Å². The largest absolute Gasteiger partial charge is 0.330 e. The van der Waals surface area contributed by atoms with Crippen LogP contribution in [0.5, 0.6) is 0 Å². The van der Waals surface area contributed by atoms with Crippen LogP contribution in [0.1, 0.15) is 19.2 Å². The molecular weight excluding hydrogens is 200 g/mol. The van der Waals surface area contributed by atoms with Gasteiger partial charge in [-0.3, -0.25) is 0 Å². The van der Waals surface area contributed by atoms with Crippen LogP contribution >= 0.6 is 0 Å². The van der Waals surface area contributed by atoms with Gasteiger partial charge in [-0.05, 0) is 24.6 Å². The summed E-state index contributed by atoms with van der Waals surface area (Å²) in [5.74, 6) is 1.58. The third-order valence-electron chi connectivity index (χ3n) is 3.10. The number of fused-ring (bicyclic) bond motifs is 1. The molecule has 0 saturated heterocycles. The van der Waals surface area contributed by atoms with E-state index in [1.807, 2.05) is 19.2 Å². The lowest BCUT2D eigenvalue weighted by Crippen LogP contribution is -2.17. The molecule has 2 rings (SSSR count). The molecule has 0 amide bonds. The van der Waals surface area contributed by atoms with Crippen molar-refractivity contribution < 1.29 is 0 Å². The van der Waals surface area contributed by atoms with Gasteiger partial charge in [-0.25, -0.2) is 9.97 Å². The van der Waals surface area contributed by atoms with Gasteiger partial charge in [0.25, 0.3) is 0 Å². The van der Waals surface area contributed by atoms with E-state index in [4.69, 9.17) is 5.73 Å². The van der Waals surface area contributed by atoms with Crippen molar-refractivity contribution >= 4 is 11.2 Å². The molecule has 2 N–H and O–H groups in total. The Kier molecular flexibility index (Phi) is 3.19. The number of rotatable bonds is 4. The number of aryl methyl sites for hydroxylation is 1. The van der Waals surface area contributed by atoms with E-state index in [0.717, 1.165) is 29.8 Å². The van der Waals surface area contributed by atoms with Crippen LogP contribution in [0.15, 0.2) is 18.3 Å². The van der Waals surface area contributed by atoms with Crippen LogP contribution in [0, 0.1) is 5.92 Å². The van der Waals surface area contributed by atoms with Gasteiger partial charge in [0.05, 0.1) is 0 Å². The van der Waals surface area contributed by atoms with E-state index in [1.54, 1.807) is 6.20 Å². The minimum atomic E-state index is 0.510. The number of hydrogen-bond donors (Lipinski definition) is 1. The van der Waals surface area contributed by atoms with Gasteiger partial charge in [0.2, 0.25) is 0 Å². The highest BCUT2D eigenvalue weighted by molar-refractivity contribution is 5.70. The summed E-state index contributed by atoms with van der Waals surface area (Å²) >= 11 is 0. The molecular formula is C12H18N4. The lowest BCUT2D eigenvalue weighted by Gasteiger charge is -2.11. The summed E-state index contributed by atoms with van der Waals surface area (Å²) in [7, 11) is 2.01. The quantitative estimate of drug-likeness (QED) is 0.846. The van der Waals surface area contributed by atoms with E-state index < -0.39 is 0 Å². The maximum atomic E-state index is 5.72. The average Bonchev–Trinajstić information content (AvgIpc) is 2.64. The van der Waals surface area contributed by atoms with Crippen LogP contribution in [0.25, 0.3) is 11.2 Å². The van der Waals surface area contributed by atoms with E-state index in [0.29, 0.717) is 12.5 Å². The molecule has 0 saturated carbocycles. The van der Waals surface area contributed by atoms with Gasteiger partial charge in [0, 0.05) is 19.7 Å². The van der Waals surface area contributed by atoms with Crippen LogP contribution < -0.4 is 5.73 Å². The van der Waals surface area contributed by atoms with Crippen molar-refractivity contribution in [1.82, 2.24) is 14.5 Å². The van der Waals surface area contributed by atoms with Gasteiger partial charge < -0.3 is 10.3 Å². The van der Waals surface area contributed by atoms with Gasteiger partial charge in [0.15, 0.2) is 5.65 Å². The smallest absolute Gasteiger partial charge is 0.159 e. The Balaban J connectivity index is 2.34. The third-order valence-corrected chi connectivity index (χ3v) is 3.10. The molecule has 0 spiro atoms. The minimum Gasteiger partial charge on any atom is -0.330 e. The first-order valence-electron chi connectivity index (χ1n) is 5.72. The number of nitrogens with two attached hydrogens (primary N) is 1. The minimum absolute atomic E-state index is 0.510. The van der Waals surface area contributed by atoms with Crippen LogP contribution in [0.3, 0.4) is 0 Å². The second-order valence-corrected chi connectivity index (χ2v) is 4.15. The van der Waals surface area contributed by atoms with Gasteiger partial charge in [-0.1, -0.05) is 13.3 Å². The number of hydrogen-bond acceptors (Lipinski definition) is 3. The number of pyridine rings is 1. The summed E-state index contributed by atoms with van der Waals surface area (Å²) in [6.45, 7) is 2.88. The third kappa shape index (κ3) is 1.93. The zero-order valence-electron chi connectivity index (χ0n) is 9.85. The molecule has 16 heavy (non-hydrogen) atoms. The summed E-state index contributed by atoms with van der Waals surface area (Å²) in [4.78, 5) is 8.92. The van der Waals surface area contributed by atoms with Crippen molar-refractivity contribution in [2.75, 3.05) is 6.54 Å². The van der Waals surface area contributed by atoms with E-state index in [2.05, 4.69) is 21.5 Å². The molecule has 0 radical (unpaired) electrons. The Labute approximate surface area is 95.5 Å². The summed E-state index contributed by atoms with van der Waals surface area (Å²) in [6, 6.07) is 3.91. The predicted octanol–water partition coefficient (Wildman–Crippen LogP) is 1.50. The van der Waals surface area contributed by atoms with Crippen molar-refractivity contribution in [2.45, 2.75) is 19.8 Å². The van der Waals surface area contributed by atoms with Crippen molar-refractivity contribution in [3.63, 3.8) is 0 Å². The molecule has 0 aromatic carbocycles. The summed E-state index contributed by atoms with van der Waals surface area (Å²) in [5, 5.41) is 0. The SMILES string of the molecule is CCC(CN)Cc1nc2cccnc2n1C. The second kappa shape index (κ2) is 4.61. The van der Waals surface area contributed by atoms with Crippen molar-refractivity contribution in [2.24, 2.45) is 18.7 Å². The first-order valence-corrected chi connectivity index (χ1v) is 5.72. The highest BCUT2D eigenvalue weighted by Gasteiger charge is 2.12. The molecule has 0 aliphatic heterocycles. The molecule has 0 aliphatic rings. The van der Waals surface area contributed by atoms with Crippen LogP contribution in [-0.4, -0.2) is 21.1 Å². The zero-order valence-corrected chi connectivity index (χ0v) is 9.85. The number of imidazole rings is 1. The lowest BCUT2D eigenvalue weighted by atomic mass is 10.0. The van der Waals surface area contributed by atoms with Gasteiger partial charge in [-0.15, -0.1) is 0 Å². The normalized spacial score (nSPS) is 13.2. The predicted molar refractivity (Wildman–Crippen MR) is 65.0 cm³/mol. The van der Waals surface area contributed by atoms with Crippen LogP contribution in [-0.2, 0) is 13.5 Å². The highest BCUT2D eigenvalue weighted by Crippen LogP contribution is 2.15. The molecule has 86 valence electrons.